The second-order valence-corrected chi connectivity index (χ2v) is 7.68. The van der Waals surface area contributed by atoms with Crippen LogP contribution in [0.15, 0.2) is 28.9 Å². The molecule has 2 aromatic heterocycles. The van der Waals surface area contributed by atoms with E-state index in [4.69, 9.17) is 9.40 Å². The van der Waals surface area contributed by atoms with Crippen LogP contribution < -0.4 is 9.80 Å². The zero-order valence-corrected chi connectivity index (χ0v) is 16.8. The number of piperidine rings is 1. The molecular weight excluding hydrogens is 354 g/mol. The highest BCUT2D eigenvalue weighted by Crippen LogP contribution is 2.27. The first kappa shape index (κ1) is 18.8. The van der Waals surface area contributed by atoms with Gasteiger partial charge in [-0.2, -0.15) is 4.98 Å². The number of rotatable bonds is 4. The second kappa shape index (κ2) is 8.20. The lowest BCUT2D eigenvalue weighted by molar-refractivity contribution is 0.0714. The van der Waals surface area contributed by atoms with Gasteiger partial charge in [-0.05, 0) is 44.7 Å². The number of hydrogen-bond acceptors (Lipinski definition) is 6. The third kappa shape index (κ3) is 3.84. The molecule has 0 bridgehead atoms. The van der Waals surface area contributed by atoms with E-state index in [0.29, 0.717) is 24.9 Å². The van der Waals surface area contributed by atoms with E-state index >= 15 is 0 Å². The van der Waals surface area contributed by atoms with E-state index in [1.165, 1.54) is 25.5 Å². The number of amides is 1. The highest BCUT2D eigenvalue weighted by atomic mass is 16.3. The summed E-state index contributed by atoms with van der Waals surface area (Å²) in [6.07, 6.45) is 6.45. The minimum absolute atomic E-state index is 0.0467. The predicted molar refractivity (Wildman–Crippen MR) is 109 cm³/mol. The van der Waals surface area contributed by atoms with Crippen LogP contribution in [-0.4, -0.2) is 59.5 Å². The summed E-state index contributed by atoms with van der Waals surface area (Å²) >= 11 is 0. The summed E-state index contributed by atoms with van der Waals surface area (Å²) in [5, 5.41) is 0. The number of carbonyl (C=O) groups excluding carboxylic acids is 1. The van der Waals surface area contributed by atoms with E-state index in [2.05, 4.69) is 27.8 Å². The third-order valence-electron chi connectivity index (χ3n) is 5.80. The van der Waals surface area contributed by atoms with Gasteiger partial charge in [-0.25, -0.2) is 4.98 Å². The van der Waals surface area contributed by atoms with E-state index in [1.807, 2.05) is 11.8 Å². The minimum atomic E-state index is -0.0467. The Morgan fingerprint density at radius 3 is 2.71 bits per heavy atom. The Bertz CT molecular complexity index is 799. The maximum absolute atomic E-state index is 12.5. The van der Waals surface area contributed by atoms with Crippen molar-refractivity contribution in [1.29, 1.82) is 0 Å². The molecule has 7 nitrogen and oxygen atoms in total. The van der Waals surface area contributed by atoms with Crippen LogP contribution >= 0.6 is 0 Å². The van der Waals surface area contributed by atoms with Crippen molar-refractivity contribution in [3.05, 3.63) is 35.9 Å². The maximum atomic E-state index is 12.5. The molecule has 1 atom stereocenters. The first-order valence-electron chi connectivity index (χ1n) is 10.4. The molecule has 2 aliphatic heterocycles. The number of nitrogens with zero attached hydrogens (tertiary/aromatic N) is 5. The summed E-state index contributed by atoms with van der Waals surface area (Å²) in [5.74, 6) is 2.18. The van der Waals surface area contributed by atoms with Crippen molar-refractivity contribution in [3.63, 3.8) is 0 Å². The van der Waals surface area contributed by atoms with Gasteiger partial charge >= 0.3 is 0 Å². The fraction of sp³-hybridized carbons (Fsp3) is 0.571. The van der Waals surface area contributed by atoms with Gasteiger partial charge in [0.15, 0.2) is 5.76 Å². The molecule has 4 heterocycles. The number of carbonyl (C=O) groups is 1. The van der Waals surface area contributed by atoms with Gasteiger partial charge < -0.3 is 19.1 Å². The highest BCUT2D eigenvalue weighted by Gasteiger charge is 2.27. The van der Waals surface area contributed by atoms with Crippen molar-refractivity contribution in [3.8, 4) is 0 Å². The van der Waals surface area contributed by atoms with E-state index in [-0.39, 0.29) is 5.91 Å². The van der Waals surface area contributed by atoms with Crippen molar-refractivity contribution in [2.75, 3.05) is 42.5 Å². The van der Waals surface area contributed by atoms with E-state index < -0.39 is 0 Å². The number of hydrogen-bond donors (Lipinski definition) is 0. The topological polar surface area (TPSA) is 65.7 Å². The van der Waals surface area contributed by atoms with Crippen LogP contribution in [0.5, 0.6) is 0 Å². The number of aromatic nitrogens is 2. The third-order valence-corrected chi connectivity index (χ3v) is 5.80. The van der Waals surface area contributed by atoms with Crippen LogP contribution in [0, 0.1) is 6.92 Å². The summed E-state index contributed by atoms with van der Waals surface area (Å²) in [5.41, 5.74) is 0.995. The van der Waals surface area contributed by atoms with Gasteiger partial charge in [0.1, 0.15) is 5.82 Å². The molecule has 2 aliphatic rings. The molecule has 0 aromatic carbocycles. The normalized spacial score (nSPS) is 20.5. The summed E-state index contributed by atoms with van der Waals surface area (Å²) < 4.78 is 5.24. The molecule has 28 heavy (non-hydrogen) atoms. The monoisotopic (exact) mass is 383 g/mol. The minimum Gasteiger partial charge on any atom is -0.459 e. The zero-order chi connectivity index (χ0) is 19.5. The van der Waals surface area contributed by atoms with Gasteiger partial charge in [0.05, 0.1) is 6.26 Å². The summed E-state index contributed by atoms with van der Waals surface area (Å²) in [6, 6.07) is 6.14. The first-order valence-corrected chi connectivity index (χ1v) is 10.4. The fourth-order valence-electron chi connectivity index (χ4n) is 4.22. The van der Waals surface area contributed by atoms with Crippen LogP contribution in [-0.2, 0) is 0 Å². The SMILES string of the molecule is CCC1CCCCN1c1cc(C)nc(N2CCN(C(=O)c3ccco3)CC2)n1. The average molecular weight is 383 g/mol. The molecule has 0 spiro atoms. The molecule has 0 aliphatic carbocycles. The molecule has 0 radical (unpaired) electrons. The quantitative estimate of drug-likeness (QED) is 0.808. The summed E-state index contributed by atoms with van der Waals surface area (Å²) in [7, 11) is 0. The van der Waals surface area contributed by atoms with Crippen molar-refractivity contribution in [2.24, 2.45) is 0 Å². The Balaban J connectivity index is 1.46. The number of piperazine rings is 1. The Hall–Kier alpha value is -2.57. The fourth-order valence-corrected chi connectivity index (χ4v) is 4.22. The lowest BCUT2D eigenvalue weighted by Crippen LogP contribution is -2.49. The van der Waals surface area contributed by atoms with E-state index in [9.17, 15) is 4.79 Å². The molecule has 4 rings (SSSR count). The maximum Gasteiger partial charge on any atom is 0.289 e. The van der Waals surface area contributed by atoms with Crippen molar-refractivity contribution in [1.82, 2.24) is 14.9 Å². The molecule has 2 aromatic rings. The Kier molecular flexibility index (Phi) is 5.50. The second-order valence-electron chi connectivity index (χ2n) is 7.68. The largest absolute Gasteiger partial charge is 0.459 e. The van der Waals surface area contributed by atoms with Gasteiger partial charge in [-0.1, -0.05) is 6.92 Å². The lowest BCUT2D eigenvalue weighted by Gasteiger charge is -2.38. The Morgan fingerprint density at radius 1 is 1.18 bits per heavy atom. The molecule has 1 amide bonds. The van der Waals surface area contributed by atoms with Gasteiger partial charge in [-0.15, -0.1) is 0 Å². The number of anilines is 2. The molecule has 2 fully saturated rings. The zero-order valence-electron chi connectivity index (χ0n) is 16.8. The average Bonchev–Trinajstić information content (AvgIpc) is 3.28. The Labute approximate surface area is 166 Å². The van der Waals surface area contributed by atoms with Crippen molar-refractivity contribution < 1.29 is 9.21 Å². The first-order chi connectivity index (χ1) is 13.7. The van der Waals surface area contributed by atoms with Crippen LogP contribution in [0.4, 0.5) is 11.8 Å². The number of furan rings is 1. The summed E-state index contributed by atoms with van der Waals surface area (Å²) in [4.78, 5) is 28.6. The van der Waals surface area contributed by atoms with Gasteiger partial charge in [0, 0.05) is 50.5 Å². The van der Waals surface area contributed by atoms with Crippen molar-refractivity contribution >= 4 is 17.7 Å². The van der Waals surface area contributed by atoms with Crippen LogP contribution in [0.1, 0.15) is 48.9 Å². The van der Waals surface area contributed by atoms with Gasteiger partial charge in [0.2, 0.25) is 5.95 Å². The standard InChI is InChI=1S/C21H29N5O2/c1-3-17-7-4-5-9-26(17)19-15-16(2)22-21(23-19)25-12-10-24(11-13-25)20(27)18-8-6-14-28-18/h6,8,14-15,17H,3-5,7,9-13H2,1-2H3. The predicted octanol–water partition coefficient (Wildman–Crippen LogP) is 3.11. The number of aryl methyl sites for hydroxylation is 1. The Morgan fingerprint density at radius 2 is 2.00 bits per heavy atom. The van der Waals surface area contributed by atoms with Crippen LogP contribution in [0.2, 0.25) is 0 Å². The molecule has 2 saturated heterocycles. The summed E-state index contributed by atoms with van der Waals surface area (Å²) in [6.45, 7) is 8.11. The molecular formula is C21H29N5O2. The van der Waals surface area contributed by atoms with Crippen molar-refractivity contribution in [2.45, 2.75) is 45.6 Å². The van der Waals surface area contributed by atoms with Crippen LogP contribution in [0.25, 0.3) is 0 Å². The van der Waals surface area contributed by atoms with E-state index in [1.54, 1.807) is 12.1 Å². The van der Waals surface area contributed by atoms with Gasteiger partial charge in [0.25, 0.3) is 5.91 Å². The van der Waals surface area contributed by atoms with Crippen LogP contribution in [0.3, 0.4) is 0 Å². The molecule has 150 valence electrons. The van der Waals surface area contributed by atoms with E-state index in [0.717, 1.165) is 43.5 Å². The molecule has 0 saturated carbocycles. The smallest absolute Gasteiger partial charge is 0.289 e. The molecule has 7 heteroatoms. The van der Waals surface area contributed by atoms with Gasteiger partial charge in [-0.3, -0.25) is 4.79 Å². The molecule has 0 N–H and O–H groups in total. The lowest BCUT2D eigenvalue weighted by atomic mass is 10.00. The molecule has 1 unspecified atom stereocenters. The highest BCUT2D eigenvalue weighted by molar-refractivity contribution is 5.91.